The maximum Gasteiger partial charge on any atom is 0.408 e. The SMILES string of the molecule is CC(C)(C)OC(=O)N[C@H](Cc1ccccc1)C(=O)Oc1ccc([N+](=O)[O-])cc1. The van der Waals surface area contributed by atoms with Crippen LogP contribution in [0.15, 0.2) is 54.6 Å². The van der Waals surface area contributed by atoms with Gasteiger partial charge in [-0.2, -0.15) is 0 Å². The highest BCUT2D eigenvalue weighted by Crippen LogP contribution is 2.18. The highest BCUT2D eigenvalue weighted by Gasteiger charge is 2.26. The number of rotatable bonds is 6. The Hall–Kier alpha value is -3.42. The Morgan fingerprint density at radius 1 is 1.07 bits per heavy atom. The van der Waals surface area contributed by atoms with Crippen LogP contribution in [0.4, 0.5) is 10.5 Å². The zero-order valence-electron chi connectivity index (χ0n) is 15.9. The van der Waals surface area contributed by atoms with Crippen molar-refractivity contribution in [3.05, 3.63) is 70.3 Å². The van der Waals surface area contributed by atoms with Crippen molar-refractivity contribution in [2.24, 2.45) is 0 Å². The average Bonchev–Trinajstić information content (AvgIpc) is 2.61. The van der Waals surface area contributed by atoms with Crippen molar-refractivity contribution >= 4 is 17.7 Å². The maximum absolute atomic E-state index is 12.6. The normalized spacial score (nSPS) is 12.0. The summed E-state index contributed by atoms with van der Waals surface area (Å²) in [5.41, 5.74) is -0.0133. The zero-order chi connectivity index (χ0) is 20.7. The molecule has 2 aromatic rings. The first-order valence-corrected chi connectivity index (χ1v) is 8.63. The van der Waals surface area contributed by atoms with E-state index < -0.39 is 28.6 Å². The molecule has 0 aliphatic heterocycles. The summed E-state index contributed by atoms with van der Waals surface area (Å²) < 4.78 is 10.5. The van der Waals surface area contributed by atoms with E-state index in [1.807, 2.05) is 30.3 Å². The van der Waals surface area contributed by atoms with Crippen LogP contribution in [0.1, 0.15) is 26.3 Å². The van der Waals surface area contributed by atoms with E-state index in [0.717, 1.165) is 5.56 Å². The molecule has 0 saturated heterocycles. The number of nitro benzene ring substituents is 1. The van der Waals surface area contributed by atoms with E-state index in [1.165, 1.54) is 24.3 Å². The molecule has 0 aliphatic rings. The van der Waals surface area contributed by atoms with Crippen molar-refractivity contribution in [2.75, 3.05) is 0 Å². The van der Waals surface area contributed by atoms with Gasteiger partial charge in [-0.15, -0.1) is 0 Å². The number of amides is 1. The standard InChI is InChI=1S/C20H22N2O6/c1-20(2,3)28-19(24)21-17(13-14-7-5-4-6-8-14)18(23)27-16-11-9-15(10-12-16)22(25)26/h4-12,17H,13H2,1-3H3,(H,21,24)/t17-/m1/s1. The first kappa shape index (κ1) is 20.9. The first-order chi connectivity index (χ1) is 13.1. The Bertz CT molecular complexity index is 828. The fourth-order valence-electron chi connectivity index (χ4n) is 2.32. The van der Waals surface area contributed by atoms with E-state index in [0.29, 0.717) is 0 Å². The number of ether oxygens (including phenoxy) is 2. The fourth-order valence-corrected chi connectivity index (χ4v) is 2.32. The fraction of sp³-hybridized carbons (Fsp3) is 0.300. The number of non-ortho nitro benzene ring substituents is 1. The molecule has 0 heterocycles. The van der Waals surface area contributed by atoms with Crippen LogP contribution in [0.2, 0.25) is 0 Å². The average molecular weight is 386 g/mol. The van der Waals surface area contributed by atoms with Gasteiger partial charge in [0.05, 0.1) is 4.92 Å². The number of benzene rings is 2. The summed E-state index contributed by atoms with van der Waals surface area (Å²) in [5, 5.41) is 13.2. The molecule has 2 rings (SSSR count). The Balaban J connectivity index is 2.13. The van der Waals surface area contributed by atoms with Crippen molar-refractivity contribution in [3.63, 3.8) is 0 Å². The summed E-state index contributed by atoms with van der Waals surface area (Å²) >= 11 is 0. The molecule has 0 saturated carbocycles. The topological polar surface area (TPSA) is 108 Å². The van der Waals surface area contributed by atoms with Gasteiger partial charge in [-0.25, -0.2) is 9.59 Å². The third-order valence-electron chi connectivity index (χ3n) is 3.52. The van der Waals surface area contributed by atoms with Crippen LogP contribution in [0, 0.1) is 10.1 Å². The molecule has 148 valence electrons. The smallest absolute Gasteiger partial charge is 0.408 e. The van der Waals surface area contributed by atoms with Crippen LogP contribution in [-0.4, -0.2) is 28.6 Å². The minimum absolute atomic E-state index is 0.118. The number of carbonyl (C=O) groups excluding carboxylic acids is 2. The molecule has 0 bridgehead atoms. The third kappa shape index (κ3) is 6.71. The molecule has 8 nitrogen and oxygen atoms in total. The second-order valence-corrected chi connectivity index (χ2v) is 7.06. The molecular weight excluding hydrogens is 364 g/mol. The molecule has 0 unspecified atom stereocenters. The van der Waals surface area contributed by atoms with Crippen molar-refractivity contribution in [2.45, 2.75) is 38.8 Å². The number of nitro groups is 1. The summed E-state index contributed by atoms with van der Waals surface area (Å²) in [4.78, 5) is 34.9. The van der Waals surface area contributed by atoms with Gasteiger partial charge in [0.2, 0.25) is 0 Å². The lowest BCUT2D eigenvalue weighted by Gasteiger charge is -2.23. The molecule has 2 aromatic carbocycles. The van der Waals surface area contributed by atoms with Crippen molar-refractivity contribution in [1.29, 1.82) is 0 Å². The first-order valence-electron chi connectivity index (χ1n) is 8.63. The summed E-state index contributed by atoms with van der Waals surface area (Å²) in [5.74, 6) is -0.566. The predicted molar refractivity (Wildman–Crippen MR) is 102 cm³/mol. The molecule has 0 spiro atoms. The Morgan fingerprint density at radius 3 is 2.21 bits per heavy atom. The van der Waals surface area contributed by atoms with Gasteiger partial charge < -0.3 is 14.8 Å². The lowest BCUT2D eigenvalue weighted by molar-refractivity contribution is -0.384. The van der Waals surface area contributed by atoms with Gasteiger partial charge in [-0.05, 0) is 38.5 Å². The third-order valence-corrected chi connectivity index (χ3v) is 3.52. The minimum atomic E-state index is -0.993. The summed E-state index contributed by atoms with van der Waals surface area (Å²) in [6.07, 6.45) is -0.541. The molecule has 8 heteroatoms. The second-order valence-electron chi connectivity index (χ2n) is 7.06. The van der Waals surface area contributed by atoms with Crippen LogP contribution in [0.3, 0.4) is 0 Å². The number of esters is 1. The minimum Gasteiger partial charge on any atom is -0.444 e. The van der Waals surface area contributed by atoms with E-state index in [2.05, 4.69) is 5.32 Å². The van der Waals surface area contributed by atoms with Crippen LogP contribution in [0.25, 0.3) is 0 Å². The van der Waals surface area contributed by atoms with E-state index in [4.69, 9.17) is 9.47 Å². The van der Waals surface area contributed by atoms with Gasteiger partial charge in [-0.1, -0.05) is 30.3 Å². The van der Waals surface area contributed by atoms with Gasteiger partial charge in [0.15, 0.2) is 0 Å². The van der Waals surface area contributed by atoms with Crippen molar-refractivity contribution in [1.82, 2.24) is 5.32 Å². The highest BCUT2D eigenvalue weighted by molar-refractivity contribution is 5.83. The molecule has 0 aliphatic carbocycles. The van der Waals surface area contributed by atoms with Gasteiger partial charge in [-0.3, -0.25) is 10.1 Å². The summed E-state index contributed by atoms with van der Waals surface area (Å²) in [6.45, 7) is 5.15. The number of nitrogens with zero attached hydrogens (tertiary/aromatic N) is 1. The highest BCUT2D eigenvalue weighted by atomic mass is 16.6. The molecule has 1 amide bonds. The monoisotopic (exact) mass is 386 g/mol. The molecular formula is C20H22N2O6. The van der Waals surface area contributed by atoms with E-state index in [9.17, 15) is 19.7 Å². The number of hydrogen-bond acceptors (Lipinski definition) is 6. The molecule has 0 aromatic heterocycles. The Morgan fingerprint density at radius 2 is 1.68 bits per heavy atom. The van der Waals surface area contributed by atoms with Crippen LogP contribution in [-0.2, 0) is 16.0 Å². The molecule has 1 atom stereocenters. The quantitative estimate of drug-likeness (QED) is 0.351. The molecule has 28 heavy (non-hydrogen) atoms. The number of carbonyl (C=O) groups is 2. The summed E-state index contributed by atoms with van der Waals surface area (Å²) in [7, 11) is 0. The van der Waals surface area contributed by atoms with E-state index >= 15 is 0 Å². The lowest BCUT2D eigenvalue weighted by atomic mass is 10.1. The zero-order valence-corrected chi connectivity index (χ0v) is 15.9. The second kappa shape index (κ2) is 8.98. The lowest BCUT2D eigenvalue weighted by Crippen LogP contribution is -2.46. The van der Waals surface area contributed by atoms with Crippen LogP contribution < -0.4 is 10.1 Å². The van der Waals surface area contributed by atoms with Gasteiger partial charge in [0, 0.05) is 18.6 Å². The van der Waals surface area contributed by atoms with Crippen LogP contribution >= 0.6 is 0 Å². The van der Waals surface area contributed by atoms with Crippen LogP contribution in [0.5, 0.6) is 5.75 Å². The Kier molecular flexibility index (Phi) is 6.70. The molecule has 0 fully saturated rings. The summed E-state index contributed by atoms with van der Waals surface area (Å²) in [6, 6.07) is 13.2. The van der Waals surface area contributed by atoms with Crippen molar-refractivity contribution < 1.29 is 24.0 Å². The number of nitrogens with one attached hydrogen (secondary N) is 1. The van der Waals surface area contributed by atoms with E-state index in [1.54, 1.807) is 20.8 Å². The van der Waals surface area contributed by atoms with Crippen molar-refractivity contribution in [3.8, 4) is 5.75 Å². The van der Waals surface area contributed by atoms with E-state index in [-0.39, 0.29) is 17.9 Å². The number of hydrogen-bond donors (Lipinski definition) is 1. The maximum atomic E-state index is 12.6. The Labute approximate surface area is 162 Å². The van der Waals surface area contributed by atoms with Gasteiger partial charge in [0.25, 0.3) is 5.69 Å². The largest absolute Gasteiger partial charge is 0.444 e. The van der Waals surface area contributed by atoms with Gasteiger partial charge >= 0.3 is 12.1 Å². The van der Waals surface area contributed by atoms with Gasteiger partial charge in [0.1, 0.15) is 17.4 Å². The molecule has 1 N–H and O–H groups in total. The number of alkyl carbamates (subject to hydrolysis) is 1. The molecule has 0 radical (unpaired) electrons. The predicted octanol–water partition coefficient (Wildman–Crippen LogP) is 3.64.